The maximum absolute atomic E-state index is 12.5. The lowest BCUT2D eigenvalue weighted by Gasteiger charge is -2.17. The first kappa shape index (κ1) is 18.5. The van der Waals surface area contributed by atoms with Crippen LogP contribution in [0, 0.1) is 0 Å². The number of hydrogen-bond acceptors (Lipinski definition) is 7. The average Bonchev–Trinajstić information content (AvgIpc) is 3.42. The molecule has 1 aliphatic heterocycles. The largest absolute Gasteiger partial charge is 0.345 e. The Balaban J connectivity index is 1.40. The Bertz CT molecular complexity index is 980. The number of anilines is 1. The molecule has 0 aromatic carbocycles. The molecule has 0 spiro atoms. The summed E-state index contributed by atoms with van der Waals surface area (Å²) in [6.45, 7) is 5.64. The predicted molar refractivity (Wildman–Crippen MR) is 109 cm³/mol. The minimum atomic E-state index is -0.103. The first-order chi connectivity index (χ1) is 13.5. The van der Waals surface area contributed by atoms with Crippen LogP contribution in [-0.2, 0) is 7.05 Å². The molecule has 1 atom stereocenters. The van der Waals surface area contributed by atoms with Crippen LogP contribution in [0.1, 0.15) is 41.7 Å². The summed E-state index contributed by atoms with van der Waals surface area (Å²) >= 11 is 1.40. The van der Waals surface area contributed by atoms with Gasteiger partial charge >= 0.3 is 0 Å². The van der Waals surface area contributed by atoms with Crippen molar-refractivity contribution in [3.8, 4) is 11.3 Å². The molecule has 3 aromatic rings. The second-order valence-corrected chi connectivity index (χ2v) is 8.14. The SMILES string of the molecule is CC(C)c1csc(C(=O)NC2CCN(c3nccc(-c4cnn(C)c4)n3)C2)n1. The lowest BCUT2D eigenvalue weighted by molar-refractivity contribution is 0.0940. The van der Waals surface area contributed by atoms with Crippen molar-refractivity contribution in [1.82, 2.24) is 30.0 Å². The van der Waals surface area contributed by atoms with Gasteiger partial charge in [-0.1, -0.05) is 13.8 Å². The Hall–Kier alpha value is -2.81. The van der Waals surface area contributed by atoms with Crippen LogP contribution in [0.3, 0.4) is 0 Å². The molecule has 1 N–H and O–H groups in total. The first-order valence-corrected chi connectivity index (χ1v) is 10.2. The molecule has 1 unspecified atom stereocenters. The maximum Gasteiger partial charge on any atom is 0.280 e. The highest BCUT2D eigenvalue weighted by Gasteiger charge is 2.27. The predicted octanol–water partition coefficient (Wildman–Crippen LogP) is 2.47. The molecule has 28 heavy (non-hydrogen) atoms. The Labute approximate surface area is 167 Å². The van der Waals surface area contributed by atoms with E-state index in [1.165, 1.54) is 11.3 Å². The van der Waals surface area contributed by atoms with Crippen molar-refractivity contribution in [3.05, 3.63) is 40.7 Å². The molecule has 4 rings (SSSR count). The molecule has 1 saturated heterocycles. The maximum atomic E-state index is 12.5. The van der Waals surface area contributed by atoms with Crippen LogP contribution < -0.4 is 10.2 Å². The van der Waals surface area contributed by atoms with Crippen LogP contribution in [0.25, 0.3) is 11.3 Å². The zero-order chi connectivity index (χ0) is 19.7. The molecule has 1 amide bonds. The second kappa shape index (κ2) is 7.67. The zero-order valence-electron chi connectivity index (χ0n) is 16.2. The molecule has 0 bridgehead atoms. The highest BCUT2D eigenvalue weighted by Crippen LogP contribution is 2.22. The number of nitrogens with zero attached hydrogens (tertiary/aromatic N) is 6. The summed E-state index contributed by atoms with van der Waals surface area (Å²) < 4.78 is 1.75. The zero-order valence-corrected chi connectivity index (χ0v) is 17.0. The molecule has 0 saturated carbocycles. The van der Waals surface area contributed by atoms with E-state index in [9.17, 15) is 4.79 Å². The van der Waals surface area contributed by atoms with Crippen molar-refractivity contribution in [2.45, 2.75) is 32.2 Å². The van der Waals surface area contributed by atoms with Gasteiger partial charge in [-0.2, -0.15) is 5.10 Å². The van der Waals surface area contributed by atoms with E-state index in [2.05, 4.69) is 44.1 Å². The monoisotopic (exact) mass is 397 g/mol. The minimum absolute atomic E-state index is 0.0598. The van der Waals surface area contributed by atoms with E-state index in [1.54, 1.807) is 17.1 Å². The van der Waals surface area contributed by atoms with Crippen molar-refractivity contribution in [2.75, 3.05) is 18.0 Å². The van der Waals surface area contributed by atoms with E-state index in [4.69, 9.17) is 0 Å². The van der Waals surface area contributed by atoms with Gasteiger partial charge in [0.05, 0.1) is 17.6 Å². The van der Waals surface area contributed by atoms with Gasteiger partial charge in [0, 0.05) is 49.5 Å². The highest BCUT2D eigenvalue weighted by atomic mass is 32.1. The number of hydrogen-bond donors (Lipinski definition) is 1. The third kappa shape index (κ3) is 3.89. The van der Waals surface area contributed by atoms with Crippen LogP contribution >= 0.6 is 11.3 Å². The summed E-state index contributed by atoms with van der Waals surface area (Å²) in [6, 6.07) is 1.94. The molecule has 3 aromatic heterocycles. The van der Waals surface area contributed by atoms with E-state index in [0.717, 1.165) is 29.9 Å². The van der Waals surface area contributed by atoms with Crippen molar-refractivity contribution in [2.24, 2.45) is 7.05 Å². The van der Waals surface area contributed by atoms with Gasteiger partial charge in [-0.25, -0.2) is 15.0 Å². The van der Waals surface area contributed by atoms with Gasteiger partial charge in [0.15, 0.2) is 5.01 Å². The first-order valence-electron chi connectivity index (χ1n) is 9.33. The number of carbonyl (C=O) groups excluding carboxylic acids is 1. The van der Waals surface area contributed by atoms with Gasteiger partial charge in [-0.15, -0.1) is 11.3 Å². The van der Waals surface area contributed by atoms with Gasteiger partial charge in [-0.05, 0) is 18.4 Å². The third-order valence-corrected chi connectivity index (χ3v) is 5.62. The van der Waals surface area contributed by atoms with Crippen LogP contribution in [-0.4, -0.2) is 49.8 Å². The normalized spacial score (nSPS) is 16.7. The number of aryl methyl sites for hydroxylation is 1. The molecule has 1 aliphatic rings. The molecule has 9 heteroatoms. The van der Waals surface area contributed by atoms with Crippen molar-refractivity contribution in [1.29, 1.82) is 0 Å². The number of aromatic nitrogens is 5. The van der Waals surface area contributed by atoms with Crippen LogP contribution in [0.15, 0.2) is 30.0 Å². The number of amides is 1. The number of rotatable bonds is 5. The van der Waals surface area contributed by atoms with Crippen LogP contribution in [0.5, 0.6) is 0 Å². The lowest BCUT2D eigenvalue weighted by Crippen LogP contribution is -2.37. The molecule has 0 radical (unpaired) electrons. The fraction of sp³-hybridized carbons (Fsp3) is 0.421. The summed E-state index contributed by atoms with van der Waals surface area (Å²) in [4.78, 5) is 28.1. The summed E-state index contributed by atoms with van der Waals surface area (Å²) in [5, 5.41) is 9.77. The van der Waals surface area contributed by atoms with Crippen LogP contribution in [0.4, 0.5) is 5.95 Å². The van der Waals surface area contributed by atoms with E-state index in [-0.39, 0.29) is 11.9 Å². The summed E-state index contributed by atoms with van der Waals surface area (Å²) in [7, 11) is 1.88. The van der Waals surface area contributed by atoms with Crippen molar-refractivity contribution < 1.29 is 4.79 Å². The Morgan fingerprint density at radius 2 is 2.21 bits per heavy atom. The van der Waals surface area contributed by atoms with Crippen molar-refractivity contribution in [3.63, 3.8) is 0 Å². The summed E-state index contributed by atoms with van der Waals surface area (Å²) in [6.07, 6.45) is 6.34. The van der Waals surface area contributed by atoms with Gasteiger partial charge < -0.3 is 10.2 Å². The molecule has 0 aliphatic carbocycles. The Morgan fingerprint density at radius 3 is 2.93 bits per heavy atom. The minimum Gasteiger partial charge on any atom is -0.345 e. The van der Waals surface area contributed by atoms with Crippen LogP contribution in [0.2, 0.25) is 0 Å². The summed E-state index contributed by atoms with van der Waals surface area (Å²) in [5.74, 6) is 0.896. The number of thiazole rings is 1. The molecule has 146 valence electrons. The van der Waals surface area contributed by atoms with Gasteiger partial charge in [0.1, 0.15) is 0 Å². The Morgan fingerprint density at radius 1 is 1.36 bits per heavy atom. The fourth-order valence-electron chi connectivity index (χ4n) is 3.18. The standard InChI is InChI=1S/C19H23N7OS/c1-12(2)16-11-28-18(23-16)17(27)22-14-5-7-26(10-14)19-20-6-4-15(24-19)13-8-21-25(3)9-13/h4,6,8-9,11-12,14H,5,7,10H2,1-3H3,(H,22,27). The average molecular weight is 398 g/mol. The number of carbonyl (C=O) groups is 1. The van der Waals surface area contributed by atoms with Gasteiger partial charge in [0.25, 0.3) is 5.91 Å². The van der Waals surface area contributed by atoms with E-state index >= 15 is 0 Å². The van der Waals surface area contributed by atoms with Gasteiger partial charge in [0.2, 0.25) is 5.95 Å². The van der Waals surface area contributed by atoms with Gasteiger partial charge in [-0.3, -0.25) is 9.48 Å². The third-order valence-electron chi connectivity index (χ3n) is 4.76. The Kier molecular flexibility index (Phi) is 5.08. The summed E-state index contributed by atoms with van der Waals surface area (Å²) in [5.41, 5.74) is 2.76. The topological polar surface area (TPSA) is 88.8 Å². The quantitative estimate of drug-likeness (QED) is 0.711. The molecule has 8 nitrogen and oxygen atoms in total. The molecule has 4 heterocycles. The number of nitrogens with one attached hydrogen (secondary N) is 1. The molecule has 1 fully saturated rings. The fourth-order valence-corrected chi connectivity index (χ4v) is 4.06. The van der Waals surface area contributed by atoms with E-state index in [1.807, 2.05) is 24.7 Å². The van der Waals surface area contributed by atoms with E-state index < -0.39 is 0 Å². The van der Waals surface area contributed by atoms with E-state index in [0.29, 0.717) is 23.4 Å². The smallest absolute Gasteiger partial charge is 0.280 e. The van der Waals surface area contributed by atoms with Crippen molar-refractivity contribution >= 4 is 23.2 Å². The molecular formula is C19H23N7OS. The highest BCUT2D eigenvalue weighted by molar-refractivity contribution is 7.11. The molecular weight excluding hydrogens is 374 g/mol. The second-order valence-electron chi connectivity index (χ2n) is 7.28. The lowest BCUT2D eigenvalue weighted by atomic mass is 10.2.